The molecule has 0 radical (unpaired) electrons. The minimum atomic E-state index is -3.73. The SMILES string of the molecule is CC(C)(C)c1ccc(O)c(C(C)(C)C)c1.CC(C)(C)c1ccc(O)c(C(C)(C)C)c1.CCCCCCCC[PH](O)(O)O. The van der Waals surface area contributed by atoms with Crippen LogP contribution < -0.4 is 0 Å². The minimum absolute atomic E-state index is 0.00859. The van der Waals surface area contributed by atoms with Crippen molar-refractivity contribution < 1.29 is 24.9 Å². The third-order valence-corrected chi connectivity index (χ3v) is 8.23. The van der Waals surface area contributed by atoms with E-state index in [9.17, 15) is 10.2 Å². The summed E-state index contributed by atoms with van der Waals surface area (Å²) in [5, 5.41) is 19.7. The van der Waals surface area contributed by atoms with E-state index < -0.39 is 7.94 Å². The molecule has 2 aromatic rings. The molecule has 0 aromatic heterocycles. The van der Waals surface area contributed by atoms with Crippen LogP contribution in [0.15, 0.2) is 36.4 Å². The number of unbranched alkanes of at least 4 members (excludes halogenated alkanes) is 5. The zero-order valence-corrected chi connectivity index (χ0v) is 30.1. The third kappa shape index (κ3) is 16.3. The van der Waals surface area contributed by atoms with Gasteiger partial charge in [0.25, 0.3) is 0 Å². The van der Waals surface area contributed by atoms with E-state index in [2.05, 4.69) is 102 Å². The van der Waals surface area contributed by atoms with Crippen molar-refractivity contribution >= 4 is 7.94 Å². The van der Waals surface area contributed by atoms with E-state index in [1.54, 1.807) is 12.1 Å². The van der Waals surface area contributed by atoms with Gasteiger partial charge in [0, 0.05) is 0 Å². The molecular formula is C36H65O5P. The van der Waals surface area contributed by atoms with Crippen LogP contribution in [-0.2, 0) is 21.7 Å². The summed E-state index contributed by atoms with van der Waals surface area (Å²) in [4.78, 5) is 26.0. The number of hydrogen-bond donors (Lipinski definition) is 5. The average Bonchev–Trinajstić information content (AvgIpc) is 2.79. The Hall–Kier alpha value is -1.65. The summed E-state index contributed by atoms with van der Waals surface area (Å²) in [7, 11) is -3.73. The number of benzene rings is 2. The molecule has 0 aliphatic rings. The fourth-order valence-electron chi connectivity index (χ4n) is 4.35. The van der Waals surface area contributed by atoms with E-state index in [-0.39, 0.29) is 27.8 Å². The first-order valence-corrected chi connectivity index (χ1v) is 17.7. The van der Waals surface area contributed by atoms with Gasteiger partial charge in [-0.1, -0.05) is 107 Å². The van der Waals surface area contributed by atoms with E-state index in [0.717, 1.165) is 30.4 Å². The first-order valence-electron chi connectivity index (χ1n) is 15.7. The summed E-state index contributed by atoms with van der Waals surface area (Å²) in [6, 6.07) is 11.9. The van der Waals surface area contributed by atoms with Gasteiger partial charge in [-0.3, -0.25) is 0 Å². The zero-order valence-electron chi connectivity index (χ0n) is 29.1. The fraction of sp³-hybridized carbons (Fsp3) is 0.667. The Kier molecular flexibility index (Phi) is 15.8. The number of phenolic OH excluding ortho intramolecular Hbond substituents is 2. The molecule has 0 fully saturated rings. The van der Waals surface area contributed by atoms with Crippen LogP contribution in [-0.4, -0.2) is 31.1 Å². The molecular weight excluding hydrogens is 543 g/mol. The fourth-order valence-corrected chi connectivity index (χ4v) is 5.07. The summed E-state index contributed by atoms with van der Waals surface area (Å²) < 4.78 is 0. The Morgan fingerprint density at radius 2 is 0.833 bits per heavy atom. The van der Waals surface area contributed by atoms with Crippen molar-refractivity contribution in [1.82, 2.24) is 0 Å². The summed E-state index contributed by atoms with van der Waals surface area (Å²) in [5.41, 5.74) is 4.83. The predicted octanol–water partition coefficient (Wildman–Crippen LogP) is 9.79. The number of aromatic hydroxyl groups is 2. The van der Waals surface area contributed by atoms with Gasteiger partial charge in [0.15, 0.2) is 0 Å². The van der Waals surface area contributed by atoms with Crippen molar-refractivity contribution in [2.75, 3.05) is 6.16 Å². The van der Waals surface area contributed by atoms with Gasteiger partial charge in [-0.15, -0.1) is 0 Å². The molecule has 0 spiro atoms. The summed E-state index contributed by atoms with van der Waals surface area (Å²) in [5.74, 6) is 0.797. The van der Waals surface area contributed by atoms with Crippen molar-refractivity contribution in [2.45, 2.75) is 150 Å². The standard InChI is InChI=1S/2C14H22O.C8H21O3P/c2*1-13(2,3)10-7-8-12(15)11(9-10)14(4,5)6;1-2-3-4-5-6-7-8-12(9,10)11/h2*7-9,15H,1-6H3;9-12H,2-8H2,1H3. The van der Waals surface area contributed by atoms with Crippen molar-refractivity contribution in [2.24, 2.45) is 0 Å². The van der Waals surface area contributed by atoms with Gasteiger partial charge in [-0.2, -0.15) is 0 Å². The van der Waals surface area contributed by atoms with E-state index in [4.69, 9.17) is 14.7 Å². The molecule has 0 aliphatic carbocycles. The Labute approximate surface area is 259 Å². The molecule has 5 nitrogen and oxygen atoms in total. The van der Waals surface area contributed by atoms with Crippen LogP contribution in [0.1, 0.15) is 151 Å². The predicted molar refractivity (Wildman–Crippen MR) is 184 cm³/mol. The summed E-state index contributed by atoms with van der Waals surface area (Å²) in [6.45, 7) is 28.0. The van der Waals surface area contributed by atoms with E-state index in [1.165, 1.54) is 30.4 Å². The second-order valence-electron chi connectivity index (χ2n) is 15.8. The second-order valence-corrected chi connectivity index (χ2v) is 17.8. The van der Waals surface area contributed by atoms with Gasteiger partial charge >= 0.3 is 74.2 Å². The third-order valence-electron chi connectivity index (χ3n) is 7.21. The maximum atomic E-state index is 9.84. The average molecular weight is 609 g/mol. The van der Waals surface area contributed by atoms with Gasteiger partial charge in [0.1, 0.15) is 11.5 Å². The molecule has 0 heterocycles. The van der Waals surface area contributed by atoms with E-state index in [0.29, 0.717) is 11.5 Å². The van der Waals surface area contributed by atoms with Crippen molar-refractivity contribution in [3.05, 3.63) is 58.7 Å². The maximum absolute atomic E-state index is 9.84. The molecule has 0 amide bonds. The van der Waals surface area contributed by atoms with Crippen molar-refractivity contribution in [3.63, 3.8) is 0 Å². The van der Waals surface area contributed by atoms with Gasteiger partial charge < -0.3 is 10.2 Å². The van der Waals surface area contributed by atoms with Crippen LogP contribution in [0.4, 0.5) is 0 Å². The molecule has 6 heteroatoms. The Morgan fingerprint density at radius 1 is 0.500 bits per heavy atom. The molecule has 2 rings (SSSR count). The first kappa shape index (κ1) is 40.4. The molecule has 244 valence electrons. The van der Waals surface area contributed by atoms with Gasteiger partial charge in [0.2, 0.25) is 0 Å². The topological polar surface area (TPSA) is 101 Å². The van der Waals surface area contributed by atoms with Crippen LogP contribution in [0, 0.1) is 0 Å². The first-order chi connectivity index (χ1) is 18.8. The normalized spacial score (nSPS) is 13.0. The molecule has 0 saturated heterocycles. The summed E-state index contributed by atoms with van der Waals surface area (Å²) >= 11 is 0. The zero-order chi connectivity index (χ0) is 33.2. The molecule has 2 aromatic carbocycles. The number of hydrogen-bond acceptors (Lipinski definition) is 5. The summed E-state index contributed by atoms with van der Waals surface area (Å²) in [6.07, 6.45) is 6.75. The Morgan fingerprint density at radius 3 is 1.12 bits per heavy atom. The van der Waals surface area contributed by atoms with Crippen LogP contribution in [0.25, 0.3) is 0 Å². The van der Waals surface area contributed by atoms with Crippen LogP contribution in [0.5, 0.6) is 11.5 Å². The molecule has 0 saturated carbocycles. The van der Waals surface area contributed by atoms with Crippen LogP contribution >= 0.6 is 7.94 Å². The van der Waals surface area contributed by atoms with Gasteiger partial charge in [0.05, 0.1) is 0 Å². The van der Waals surface area contributed by atoms with Crippen molar-refractivity contribution in [1.29, 1.82) is 0 Å². The van der Waals surface area contributed by atoms with Crippen LogP contribution in [0.3, 0.4) is 0 Å². The van der Waals surface area contributed by atoms with Crippen molar-refractivity contribution in [3.8, 4) is 11.5 Å². The Balaban J connectivity index is 0.000000606. The van der Waals surface area contributed by atoms with E-state index in [1.807, 2.05) is 12.1 Å². The Bertz CT molecular complexity index is 985. The molecule has 42 heavy (non-hydrogen) atoms. The van der Waals surface area contributed by atoms with Gasteiger partial charge in [-0.05, 0) is 56.0 Å². The molecule has 0 unspecified atom stereocenters. The molecule has 0 atom stereocenters. The quantitative estimate of drug-likeness (QED) is 0.159. The second kappa shape index (κ2) is 16.4. The monoisotopic (exact) mass is 608 g/mol. The molecule has 0 aliphatic heterocycles. The van der Waals surface area contributed by atoms with Crippen LogP contribution in [0.2, 0.25) is 0 Å². The van der Waals surface area contributed by atoms with E-state index >= 15 is 0 Å². The molecule has 0 bridgehead atoms. The number of phenols is 2. The van der Waals surface area contributed by atoms with Gasteiger partial charge in [-0.25, -0.2) is 0 Å². The number of rotatable bonds is 7. The molecule has 5 N–H and O–H groups in total.